The summed E-state index contributed by atoms with van der Waals surface area (Å²) in [6.45, 7) is 3.41. The minimum Gasteiger partial charge on any atom is -0.350 e. The lowest BCUT2D eigenvalue weighted by molar-refractivity contribution is -0.122. The summed E-state index contributed by atoms with van der Waals surface area (Å²) in [7, 11) is 0. The Morgan fingerprint density at radius 1 is 1.03 bits per heavy atom. The Bertz CT molecular complexity index is 1290. The average molecular weight is 405 g/mol. The number of nitrogens with one attached hydrogen (secondary N) is 1. The largest absolute Gasteiger partial charge is 0.350 e. The van der Waals surface area contributed by atoms with Crippen LogP contribution in [0.25, 0.3) is 16.6 Å². The molecule has 2 heterocycles. The summed E-state index contributed by atoms with van der Waals surface area (Å²) in [6, 6.07) is 15.7. The quantitative estimate of drug-likeness (QED) is 0.554. The van der Waals surface area contributed by atoms with Crippen LogP contribution in [0.15, 0.2) is 59.4 Å². The van der Waals surface area contributed by atoms with Gasteiger partial charge in [0.15, 0.2) is 5.52 Å². The van der Waals surface area contributed by atoms with Crippen molar-refractivity contribution in [2.75, 3.05) is 0 Å². The molecular formula is C22H20FN5O2. The van der Waals surface area contributed by atoms with Crippen LogP contribution in [0.1, 0.15) is 17.0 Å². The molecule has 0 aliphatic carbocycles. The van der Waals surface area contributed by atoms with Gasteiger partial charge in [0.2, 0.25) is 5.91 Å². The Balaban J connectivity index is 1.62. The zero-order chi connectivity index (χ0) is 21.3. The van der Waals surface area contributed by atoms with Crippen LogP contribution in [-0.2, 0) is 17.9 Å². The number of halogens is 1. The van der Waals surface area contributed by atoms with Crippen molar-refractivity contribution in [3.05, 3.63) is 87.7 Å². The van der Waals surface area contributed by atoms with E-state index in [4.69, 9.17) is 0 Å². The summed E-state index contributed by atoms with van der Waals surface area (Å²) < 4.78 is 16.5. The minimum atomic E-state index is -0.450. The smallest absolute Gasteiger partial charge is 0.295 e. The SMILES string of the molecule is Cc1nn(CC(=O)NCc2ccccc2F)c(=O)c2nn(-c3ccccc3)c(C)c12. The fourth-order valence-electron chi connectivity index (χ4n) is 3.44. The highest BCUT2D eigenvalue weighted by Crippen LogP contribution is 2.20. The maximum atomic E-state index is 13.7. The third-order valence-corrected chi connectivity index (χ3v) is 4.91. The number of amides is 1. The van der Waals surface area contributed by atoms with Gasteiger partial charge in [-0.25, -0.2) is 13.8 Å². The molecule has 0 radical (unpaired) electrons. The van der Waals surface area contributed by atoms with Gasteiger partial charge in [-0.15, -0.1) is 0 Å². The molecule has 2 aromatic carbocycles. The van der Waals surface area contributed by atoms with Crippen LogP contribution in [0.5, 0.6) is 0 Å². The fourth-order valence-corrected chi connectivity index (χ4v) is 3.44. The summed E-state index contributed by atoms with van der Waals surface area (Å²) in [5.74, 6) is -0.835. The molecule has 0 fully saturated rings. The molecule has 152 valence electrons. The second-order valence-electron chi connectivity index (χ2n) is 6.97. The Labute approximate surface area is 171 Å². The normalized spacial score (nSPS) is 11.0. The second kappa shape index (κ2) is 7.90. The van der Waals surface area contributed by atoms with E-state index in [0.717, 1.165) is 16.1 Å². The zero-order valence-corrected chi connectivity index (χ0v) is 16.6. The molecule has 0 saturated heterocycles. The van der Waals surface area contributed by atoms with Gasteiger partial charge >= 0.3 is 0 Å². The van der Waals surface area contributed by atoms with Crippen molar-refractivity contribution < 1.29 is 9.18 Å². The van der Waals surface area contributed by atoms with Crippen LogP contribution in [-0.4, -0.2) is 25.5 Å². The van der Waals surface area contributed by atoms with Gasteiger partial charge in [-0.3, -0.25) is 9.59 Å². The number of fused-ring (bicyclic) bond motifs is 1. The maximum Gasteiger partial charge on any atom is 0.295 e. The third kappa shape index (κ3) is 3.59. The lowest BCUT2D eigenvalue weighted by atomic mass is 10.2. The van der Waals surface area contributed by atoms with Crippen molar-refractivity contribution >= 4 is 16.8 Å². The van der Waals surface area contributed by atoms with Gasteiger partial charge in [0, 0.05) is 12.1 Å². The Kier molecular flexibility index (Phi) is 5.14. The van der Waals surface area contributed by atoms with E-state index in [0.29, 0.717) is 16.6 Å². The molecule has 0 aliphatic heterocycles. The number of carbonyl (C=O) groups is 1. The van der Waals surface area contributed by atoms with E-state index in [1.807, 2.05) is 37.3 Å². The van der Waals surface area contributed by atoms with Crippen LogP contribution in [0, 0.1) is 19.7 Å². The number of carbonyl (C=O) groups excluding carboxylic acids is 1. The van der Waals surface area contributed by atoms with Gasteiger partial charge in [0.05, 0.1) is 22.5 Å². The molecule has 30 heavy (non-hydrogen) atoms. The monoisotopic (exact) mass is 405 g/mol. The molecule has 0 atom stereocenters. The molecule has 7 nitrogen and oxygen atoms in total. The molecule has 0 unspecified atom stereocenters. The molecule has 0 aliphatic rings. The van der Waals surface area contributed by atoms with E-state index in [1.54, 1.807) is 29.8 Å². The van der Waals surface area contributed by atoms with Crippen molar-refractivity contribution in [1.82, 2.24) is 24.9 Å². The summed E-state index contributed by atoms with van der Waals surface area (Å²) in [5.41, 5.74) is 2.41. The average Bonchev–Trinajstić information content (AvgIpc) is 3.10. The van der Waals surface area contributed by atoms with E-state index in [1.165, 1.54) is 6.07 Å². The van der Waals surface area contributed by atoms with Crippen molar-refractivity contribution in [1.29, 1.82) is 0 Å². The van der Waals surface area contributed by atoms with Gasteiger partial charge < -0.3 is 5.32 Å². The number of benzene rings is 2. The summed E-state index contributed by atoms with van der Waals surface area (Å²) in [5, 5.41) is 12.1. The van der Waals surface area contributed by atoms with Crippen molar-refractivity contribution in [2.45, 2.75) is 26.9 Å². The predicted octanol–water partition coefficient (Wildman–Crippen LogP) is 2.65. The van der Waals surface area contributed by atoms with Crippen LogP contribution < -0.4 is 10.9 Å². The molecule has 8 heteroatoms. The number of nitrogens with zero attached hydrogens (tertiary/aromatic N) is 4. The molecule has 2 aromatic heterocycles. The number of hydrogen-bond donors (Lipinski definition) is 1. The summed E-state index contributed by atoms with van der Waals surface area (Å²) >= 11 is 0. The van der Waals surface area contributed by atoms with Crippen molar-refractivity contribution in [2.24, 2.45) is 0 Å². The van der Waals surface area contributed by atoms with Gasteiger partial charge in [-0.2, -0.15) is 10.2 Å². The Morgan fingerprint density at radius 3 is 2.47 bits per heavy atom. The first kappa shape index (κ1) is 19.5. The van der Waals surface area contributed by atoms with Crippen LogP contribution in [0.4, 0.5) is 4.39 Å². The Morgan fingerprint density at radius 2 is 1.73 bits per heavy atom. The lowest BCUT2D eigenvalue weighted by Crippen LogP contribution is -2.34. The van der Waals surface area contributed by atoms with Gasteiger partial charge in [0.1, 0.15) is 12.4 Å². The number of rotatable bonds is 5. The fraction of sp³-hybridized carbons (Fsp3) is 0.182. The third-order valence-electron chi connectivity index (χ3n) is 4.91. The summed E-state index contributed by atoms with van der Waals surface area (Å²) in [4.78, 5) is 25.3. The number of aromatic nitrogens is 4. The van der Waals surface area contributed by atoms with Crippen molar-refractivity contribution in [3.8, 4) is 5.69 Å². The molecule has 4 aromatic rings. The summed E-state index contributed by atoms with van der Waals surface area (Å²) in [6.07, 6.45) is 0. The van der Waals surface area contributed by atoms with Crippen LogP contribution >= 0.6 is 0 Å². The van der Waals surface area contributed by atoms with Crippen LogP contribution in [0.3, 0.4) is 0 Å². The first-order valence-corrected chi connectivity index (χ1v) is 9.48. The van der Waals surface area contributed by atoms with Crippen molar-refractivity contribution in [3.63, 3.8) is 0 Å². The Hall–Kier alpha value is -3.81. The molecule has 0 spiro atoms. The zero-order valence-electron chi connectivity index (χ0n) is 16.6. The standard InChI is InChI=1S/C22H20FN5O2/c1-14-20-15(2)28(17-9-4-3-5-10-17)26-21(20)22(30)27(25-14)13-19(29)24-12-16-8-6-7-11-18(16)23/h3-11H,12-13H2,1-2H3,(H,24,29). The predicted molar refractivity (Wildman–Crippen MR) is 111 cm³/mol. The molecule has 1 N–H and O–H groups in total. The highest BCUT2D eigenvalue weighted by molar-refractivity contribution is 5.83. The molecular weight excluding hydrogens is 385 g/mol. The lowest BCUT2D eigenvalue weighted by Gasteiger charge is -2.08. The minimum absolute atomic E-state index is 0.0310. The number of hydrogen-bond acceptors (Lipinski definition) is 4. The highest BCUT2D eigenvalue weighted by Gasteiger charge is 2.18. The van der Waals surface area contributed by atoms with Gasteiger partial charge in [-0.05, 0) is 32.0 Å². The topological polar surface area (TPSA) is 81.8 Å². The van der Waals surface area contributed by atoms with E-state index in [9.17, 15) is 14.0 Å². The van der Waals surface area contributed by atoms with E-state index < -0.39 is 17.3 Å². The second-order valence-corrected chi connectivity index (χ2v) is 6.97. The molecule has 1 amide bonds. The number of para-hydroxylation sites is 1. The van der Waals surface area contributed by atoms with E-state index >= 15 is 0 Å². The molecule has 4 rings (SSSR count). The van der Waals surface area contributed by atoms with Gasteiger partial charge in [0.25, 0.3) is 5.56 Å². The van der Waals surface area contributed by atoms with E-state index in [2.05, 4.69) is 15.5 Å². The first-order valence-electron chi connectivity index (χ1n) is 9.48. The van der Waals surface area contributed by atoms with Crippen LogP contribution in [0.2, 0.25) is 0 Å². The van der Waals surface area contributed by atoms with Gasteiger partial charge in [-0.1, -0.05) is 36.4 Å². The highest BCUT2D eigenvalue weighted by atomic mass is 19.1. The first-order chi connectivity index (χ1) is 14.5. The number of aryl methyl sites for hydroxylation is 2. The molecule has 0 saturated carbocycles. The maximum absolute atomic E-state index is 13.7. The van der Waals surface area contributed by atoms with E-state index in [-0.39, 0.29) is 18.6 Å². The molecule has 0 bridgehead atoms.